The van der Waals surface area contributed by atoms with Crippen molar-refractivity contribution in [1.82, 2.24) is 5.32 Å². The number of methoxy groups -OCH3 is 1. The number of benzene rings is 1. The van der Waals surface area contributed by atoms with E-state index in [1.807, 2.05) is 26.0 Å². The molecule has 0 fully saturated rings. The van der Waals surface area contributed by atoms with Crippen molar-refractivity contribution in [2.45, 2.75) is 26.3 Å². The Hall–Kier alpha value is -1.35. The molecule has 0 saturated carbocycles. The van der Waals surface area contributed by atoms with E-state index >= 15 is 0 Å². The van der Waals surface area contributed by atoms with Crippen molar-refractivity contribution < 1.29 is 9.53 Å². The highest BCUT2D eigenvalue weighted by atomic mass is 16.5. The van der Waals surface area contributed by atoms with Crippen LogP contribution in [0, 0.1) is 0 Å². The Labute approximate surface area is 96.8 Å². The first-order chi connectivity index (χ1) is 7.72. The average Bonchev–Trinajstić information content (AvgIpc) is 2.35. The van der Waals surface area contributed by atoms with E-state index in [9.17, 15) is 4.79 Å². The molecule has 3 nitrogen and oxygen atoms in total. The monoisotopic (exact) mass is 221 g/mol. The van der Waals surface area contributed by atoms with Gasteiger partial charge in [0.05, 0.1) is 13.2 Å². The maximum absolute atomic E-state index is 12.1. The zero-order valence-electron chi connectivity index (χ0n) is 10.1. The van der Waals surface area contributed by atoms with Crippen LogP contribution in [-0.2, 0) is 0 Å². The van der Waals surface area contributed by atoms with Gasteiger partial charge in [-0.2, -0.15) is 0 Å². The van der Waals surface area contributed by atoms with E-state index in [0.29, 0.717) is 0 Å². The molecule has 0 aliphatic carbocycles. The molecule has 0 aliphatic rings. The molecular weight excluding hydrogens is 202 g/mol. The number of hydrogen-bond acceptors (Lipinski definition) is 3. The van der Waals surface area contributed by atoms with E-state index in [1.54, 1.807) is 19.2 Å². The molecule has 0 aromatic heterocycles. The second-order valence-electron chi connectivity index (χ2n) is 3.61. The van der Waals surface area contributed by atoms with E-state index in [1.165, 1.54) is 0 Å². The van der Waals surface area contributed by atoms with Crippen LogP contribution in [0.1, 0.15) is 30.6 Å². The van der Waals surface area contributed by atoms with Crippen molar-refractivity contribution in [3.8, 4) is 5.75 Å². The highest BCUT2D eigenvalue weighted by molar-refractivity contribution is 6.00. The zero-order valence-corrected chi connectivity index (χ0v) is 10.1. The Morgan fingerprint density at radius 1 is 1.31 bits per heavy atom. The Kier molecular flexibility index (Phi) is 4.99. The minimum atomic E-state index is -0.0848. The third-order valence-electron chi connectivity index (χ3n) is 2.55. The van der Waals surface area contributed by atoms with Gasteiger partial charge in [-0.3, -0.25) is 4.79 Å². The number of ether oxygens (including phenoxy) is 1. The normalized spacial score (nSPS) is 12.2. The molecule has 0 radical (unpaired) electrons. The first-order valence-electron chi connectivity index (χ1n) is 5.64. The summed E-state index contributed by atoms with van der Waals surface area (Å²) in [5, 5.41) is 3.18. The van der Waals surface area contributed by atoms with Crippen LogP contribution < -0.4 is 10.1 Å². The van der Waals surface area contributed by atoms with E-state index in [2.05, 4.69) is 5.32 Å². The smallest absolute Gasteiger partial charge is 0.179 e. The first kappa shape index (κ1) is 12.7. The van der Waals surface area contributed by atoms with Gasteiger partial charge in [0.2, 0.25) is 0 Å². The Bertz CT molecular complexity index is 332. The molecule has 0 amide bonds. The summed E-state index contributed by atoms with van der Waals surface area (Å²) >= 11 is 0. The summed E-state index contributed by atoms with van der Waals surface area (Å²) in [4.78, 5) is 12.1. The number of ketones is 1. The van der Waals surface area contributed by atoms with Gasteiger partial charge in [-0.1, -0.05) is 13.8 Å². The van der Waals surface area contributed by atoms with E-state index in [0.717, 1.165) is 24.3 Å². The molecule has 88 valence electrons. The van der Waals surface area contributed by atoms with Gasteiger partial charge >= 0.3 is 0 Å². The van der Waals surface area contributed by atoms with Crippen molar-refractivity contribution in [2.75, 3.05) is 13.7 Å². The van der Waals surface area contributed by atoms with Crippen LogP contribution in [-0.4, -0.2) is 25.5 Å². The van der Waals surface area contributed by atoms with Crippen molar-refractivity contribution in [3.05, 3.63) is 29.8 Å². The summed E-state index contributed by atoms with van der Waals surface area (Å²) in [5.74, 6) is 0.917. The van der Waals surface area contributed by atoms with Crippen molar-refractivity contribution in [2.24, 2.45) is 0 Å². The molecule has 0 bridgehead atoms. The van der Waals surface area contributed by atoms with Crippen molar-refractivity contribution in [3.63, 3.8) is 0 Å². The SMILES string of the molecule is CCNC(CC)C(=O)c1ccc(OC)cc1. The van der Waals surface area contributed by atoms with Crippen LogP contribution >= 0.6 is 0 Å². The van der Waals surface area contributed by atoms with Gasteiger partial charge in [0.15, 0.2) is 5.78 Å². The lowest BCUT2D eigenvalue weighted by atomic mass is 10.0. The van der Waals surface area contributed by atoms with Gasteiger partial charge in [-0.15, -0.1) is 0 Å². The summed E-state index contributed by atoms with van der Waals surface area (Å²) < 4.78 is 5.06. The fourth-order valence-corrected chi connectivity index (χ4v) is 1.63. The lowest BCUT2D eigenvalue weighted by Crippen LogP contribution is -2.35. The van der Waals surface area contributed by atoms with Crippen molar-refractivity contribution >= 4 is 5.78 Å². The zero-order chi connectivity index (χ0) is 12.0. The number of carbonyl (C=O) groups is 1. The predicted molar refractivity (Wildman–Crippen MR) is 65.1 cm³/mol. The second kappa shape index (κ2) is 6.28. The van der Waals surface area contributed by atoms with E-state index < -0.39 is 0 Å². The molecule has 1 N–H and O–H groups in total. The predicted octanol–water partition coefficient (Wildman–Crippen LogP) is 2.27. The van der Waals surface area contributed by atoms with Gasteiger partial charge in [0.1, 0.15) is 5.75 Å². The number of hydrogen-bond donors (Lipinski definition) is 1. The van der Waals surface area contributed by atoms with Crippen LogP contribution in [0.3, 0.4) is 0 Å². The summed E-state index contributed by atoms with van der Waals surface area (Å²) in [6.45, 7) is 4.82. The van der Waals surface area contributed by atoms with Gasteiger partial charge in [0.25, 0.3) is 0 Å². The minimum absolute atomic E-state index is 0.0848. The third-order valence-corrected chi connectivity index (χ3v) is 2.55. The summed E-state index contributed by atoms with van der Waals surface area (Å²) in [6, 6.07) is 7.15. The molecule has 1 aromatic carbocycles. The van der Waals surface area contributed by atoms with Gasteiger partial charge < -0.3 is 10.1 Å². The summed E-state index contributed by atoms with van der Waals surface area (Å²) in [7, 11) is 1.62. The number of Topliss-reactive ketones (excluding diaryl/α,β-unsaturated/α-hetero) is 1. The molecule has 3 heteroatoms. The average molecular weight is 221 g/mol. The number of carbonyl (C=O) groups excluding carboxylic acids is 1. The largest absolute Gasteiger partial charge is 0.497 e. The van der Waals surface area contributed by atoms with E-state index in [-0.39, 0.29) is 11.8 Å². The molecule has 16 heavy (non-hydrogen) atoms. The van der Waals surface area contributed by atoms with Crippen LogP contribution in [0.2, 0.25) is 0 Å². The van der Waals surface area contributed by atoms with E-state index in [4.69, 9.17) is 4.74 Å². The molecule has 0 saturated heterocycles. The molecule has 1 atom stereocenters. The van der Waals surface area contributed by atoms with Crippen LogP contribution in [0.15, 0.2) is 24.3 Å². The maximum Gasteiger partial charge on any atom is 0.179 e. The van der Waals surface area contributed by atoms with Crippen LogP contribution in [0.5, 0.6) is 5.75 Å². The van der Waals surface area contributed by atoms with Crippen LogP contribution in [0.25, 0.3) is 0 Å². The Balaban J connectivity index is 2.78. The van der Waals surface area contributed by atoms with Crippen molar-refractivity contribution in [1.29, 1.82) is 0 Å². The summed E-state index contributed by atoms with van der Waals surface area (Å²) in [5.41, 5.74) is 0.730. The number of likely N-dealkylation sites (N-methyl/N-ethyl adjacent to an activating group) is 1. The number of rotatable bonds is 6. The lowest BCUT2D eigenvalue weighted by molar-refractivity contribution is 0.0941. The third kappa shape index (κ3) is 3.07. The van der Waals surface area contributed by atoms with Gasteiger partial charge in [-0.05, 0) is 37.2 Å². The lowest BCUT2D eigenvalue weighted by Gasteiger charge is -2.14. The molecular formula is C13H19NO2. The summed E-state index contributed by atoms with van der Waals surface area (Å²) in [6.07, 6.45) is 0.804. The quantitative estimate of drug-likeness (QED) is 0.749. The molecule has 0 spiro atoms. The number of nitrogens with one attached hydrogen (secondary N) is 1. The maximum atomic E-state index is 12.1. The minimum Gasteiger partial charge on any atom is -0.497 e. The van der Waals surface area contributed by atoms with Gasteiger partial charge in [-0.25, -0.2) is 0 Å². The molecule has 1 aromatic rings. The molecule has 1 unspecified atom stereocenters. The Morgan fingerprint density at radius 2 is 1.94 bits per heavy atom. The fraction of sp³-hybridized carbons (Fsp3) is 0.462. The first-order valence-corrected chi connectivity index (χ1v) is 5.64. The highest BCUT2D eigenvalue weighted by Crippen LogP contribution is 2.13. The molecule has 0 heterocycles. The highest BCUT2D eigenvalue weighted by Gasteiger charge is 2.16. The Morgan fingerprint density at radius 3 is 2.38 bits per heavy atom. The molecule has 0 aliphatic heterocycles. The molecule has 1 rings (SSSR count). The van der Waals surface area contributed by atoms with Gasteiger partial charge in [0, 0.05) is 5.56 Å². The standard InChI is InChI=1S/C13H19NO2/c1-4-12(14-5-2)13(15)10-6-8-11(16-3)9-7-10/h6-9,12,14H,4-5H2,1-3H3. The fourth-order valence-electron chi connectivity index (χ4n) is 1.63. The van der Waals surface area contributed by atoms with Crippen LogP contribution in [0.4, 0.5) is 0 Å². The topological polar surface area (TPSA) is 38.3 Å². The second-order valence-corrected chi connectivity index (χ2v) is 3.61.